The SMILES string of the molecule is O=S(=O)(CC1CCCc2ccccc21)c1ccccc1F. The van der Waals surface area contributed by atoms with Gasteiger partial charge in [-0.2, -0.15) is 0 Å². The van der Waals surface area contributed by atoms with Crippen LogP contribution < -0.4 is 0 Å². The molecule has 1 aliphatic carbocycles. The summed E-state index contributed by atoms with van der Waals surface area (Å²) in [5, 5.41) is 0. The second-order valence-electron chi connectivity index (χ2n) is 5.50. The van der Waals surface area contributed by atoms with Crippen LogP contribution in [-0.2, 0) is 16.3 Å². The average molecular weight is 304 g/mol. The van der Waals surface area contributed by atoms with Gasteiger partial charge in [-0.3, -0.25) is 0 Å². The van der Waals surface area contributed by atoms with Gasteiger partial charge in [0.15, 0.2) is 9.84 Å². The van der Waals surface area contributed by atoms with E-state index >= 15 is 0 Å². The Morgan fingerprint density at radius 2 is 1.76 bits per heavy atom. The van der Waals surface area contributed by atoms with Gasteiger partial charge >= 0.3 is 0 Å². The Bertz CT molecular complexity index is 753. The second kappa shape index (κ2) is 5.60. The second-order valence-corrected chi connectivity index (χ2v) is 7.50. The van der Waals surface area contributed by atoms with Crippen LogP contribution in [0.2, 0.25) is 0 Å². The average Bonchev–Trinajstić information content (AvgIpc) is 2.47. The highest BCUT2D eigenvalue weighted by Crippen LogP contribution is 2.34. The van der Waals surface area contributed by atoms with E-state index < -0.39 is 15.7 Å². The van der Waals surface area contributed by atoms with Crippen LogP contribution in [0.5, 0.6) is 0 Å². The minimum Gasteiger partial charge on any atom is -0.224 e. The Kier molecular flexibility index (Phi) is 3.81. The van der Waals surface area contributed by atoms with Crippen LogP contribution in [0.4, 0.5) is 4.39 Å². The van der Waals surface area contributed by atoms with E-state index in [4.69, 9.17) is 0 Å². The third-order valence-electron chi connectivity index (χ3n) is 4.09. The number of fused-ring (bicyclic) bond motifs is 1. The van der Waals surface area contributed by atoms with Crippen molar-refractivity contribution in [2.75, 3.05) is 5.75 Å². The monoisotopic (exact) mass is 304 g/mol. The summed E-state index contributed by atoms with van der Waals surface area (Å²) in [7, 11) is -3.61. The van der Waals surface area contributed by atoms with E-state index in [0.717, 1.165) is 24.8 Å². The predicted octanol–water partition coefficient (Wildman–Crippen LogP) is 3.72. The van der Waals surface area contributed by atoms with Crippen molar-refractivity contribution in [3.8, 4) is 0 Å². The number of halogens is 1. The van der Waals surface area contributed by atoms with Crippen molar-refractivity contribution < 1.29 is 12.8 Å². The fourth-order valence-corrected chi connectivity index (χ4v) is 4.79. The summed E-state index contributed by atoms with van der Waals surface area (Å²) in [4.78, 5) is -0.187. The van der Waals surface area contributed by atoms with Crippen LogP contribution in [0, 0.1) is 5.82 Å². The standard InChI is InChI=1S/C17H17FO2S/c18-16-10-3-4-11-17(16)21(19,20)12-14-8-5-7-13-6-1-2-9-15(13)14/h1-4,6,9-11,14H,5,7-8,12H2. The van der Waals surface area contributed by atoms with Crippen LogP contribution >= 0.6 is 0 Å². The lowest BCUT2D eigenvalue weighted by atomic mass is 9.84. The van der Waals surface area contributed by atoms with Crippen molar-refractivity contribution in [1.82, 2.24) is 0 Å². The largest absolute Gasteiger partial charge is 0.224 e. The molecule has 0 heterocycles. The lowest BCUT2D eigenvalue weighted by molar-refractivity contribution is 0.546. The van der Waals surface area contributed by atoms with Gasteiger partial charge in [-0.15, -0.1) is 0 Å². The van der Waals surface area contributed by atoms with Gasteiger partial charge in [0.2, 0.25) is 0 Å². The topological polar surface area (TPSA) is 34.1 Å². The molecule has 0 spiro atoms. The van der Waals surface area contributed by atoms with E-state index in [1.54, 1.807) is 6.07 Å². The fraction of sp³-hybridized carbons (Fsp3) is 0.294. The number of hydrogen-bond donors (Lipinski definition) is 0. The number of rotatable bonds is 3. The highest BCUT2D eigenvalue weighted by atomic mass is 32.2. The van der Waals surface area contributed by atoms with Gasteiger partial charge in [0.1, 0.15) is 10.7 Å². The molecule has 2 aromatic carbocycles. The lowest BCUT2D eigenvalue weighted by Crippen LogP contribution is -2.20. The number of aryl methyl sites for hydroxylation is 1. The molecule has 0 fully saturated rings. The Morgan fingerprint density at radius 3 is 2.57 bits per heavy atom. The summed E-state index contributed by atoms with van der Waals surface area (Å²) < 4.78 is 38.7. The molecular formula is C17H17FO2S. The molecule has 3 rings (SSSR count). The Hall–Kier alpha value is -1.68. The molecule has 0 N–H and O–H groups in total. The lowest BCUT2D eigenvalue weighted by Gasteiger charge is -2.25. The van der Waals surface area contributed by atoms with E-state index in [-0.39, 0.29) is 16.6 Å². The third-order valence-corrected chi connectivity index (χ3v) is 5.93. The molecule has 2 aromatic rings. The molecule has 0 saturated heterocycles. The first kappa shape index (κ1) is 14.3. The van der Waals surface area contributed by atoms with E-state index in [2.05, 4.69) is 6.07 Å². The molecule has 0 radical (unpaired) electrons. The molecule has 0 aromatic heterocycles. The quantitative estimate of drug-likeness (QED) is 0.866. The molecule has 4 heteroatoms. The summed E-state index contributed by atoms with van der Waals surface area (Å²) in [6, 6.07) is 13.6. The summed E-state index contributed by atoms with van der Waals surface area (Å²) in [6.45, 7) is 0. The first-order chi connectivity index (χ1) is 10.1. The van der Waals surface area contributed by atoms with E-state index in [0.29, 0.717) is 0 Å². The van der Waals surface area contributed by atoms with E-state index in [9.17, 15) is 12.8 Å². The van der Waals surface area contributed by atoms with Crippen molar-refractivity contribution >= 4 is 9.84 Å². The Labute approximate surface area is 124 Å². The maximum Gasteiger partial charge on any atom is 0.181 e. The van der Waals surface area contributed by atoms with Crippen LogP contribution in [-0.4, -0.2) is 14.2 Å². The van der Waals surface area contributed by atoms with E-state index in [1.807, 2.05) is 18.2 Å². The normalized spacial score (nSPS) is 18.2. The molecular weight excluding hydrogens is 287 g/mol. The zero-order valence-corrected chi connectivity index (χ0v) is 12.4. The number of benzene rings is 2. The smallest absolute Gasteiger partial charge is 0.181 e. The highest BCUT2D eigenvalue weighted by Gasteiger charge is 2.27. The zero-order chi connectivity index (χ0) is 14.9. The summed E-state index contributed by atoms with van der Waals surface area (Å²) in [5.41, 5.74) is 2.32. The summed E-state index contributed by atoms with van der Waals surface area (Å²) >= 11 is 0. The molecule has 1 aliphatic rings. The van der Waals surface area contributed by atoms with Crippen molar-refractivity contribution in [1.29, 1.82) is 0 Å². The van der Waals surface area contributed by atoms with Crippen LogP contribution in [0.15, 0.2) is 53.4 Å². The van der Waals surface area contributed by atoms with Gasteiger partial charge in [-0.25, -0.2) is 12.8 Å². The highest BCUT2D eigenvalue weighted by molar-refractivity contribution is 7.91. The minimum atomic E-state index is -3.61. The van der Waals surface area contributed by atoms with Gasteiger partial charge in [0.25, 0.3) is 0 Å². The fourth-order valence-electron chi connectivity index (χ4n) is 3.08. The van der Waals surface area contributed by atoms with E-state index in [1.165, 1.54) is 23.8 Å². The molecule has 0 bridgehead atoms. The molecule has 2 nitrogen and oxygen atoms in total. The predicted molar refractivity (Wildman–Crippen MR) is 80.6 cm³/mol. The first-order valence-corrected chi connectivity index (χ1v) is 8.78. The molecule has 21 heavy (non-hydrogen) atoms. The third kappa shape index (κ3) is 2.86. The summed E-state index contributed by atoms with van der Waals surface area (Å²) in [5.74, 6) is -0.730. The van der Waals surface area contributed by atoms with Crippen LogP contribution in [0.1, 0.15) is 29.9 Å². The van der Waals surface area contributed by atoms with Crippen molar-refractivity contribution in [2.24, 2.45) is 0 Å². The van der Waals surface area contributed by atoms with Crippen LogP contribution in [0.25, 0.3) is 0 Å². The van der Waals surface area contributed by atoms with Crippen molar-refractivity contribution in [3.05, 3.63) is 65.5 Å². The molecule has 1 atom stereocenters. The van der Waals surface area contributed by atoms with Gasteiger partial charge in [-0.05, 0) is 48.4 Å². The Morgan fingerprint density at radius 1 is 1.05 bits per heavy atom. The van der Waals surface area contributed by atoms with Gasteiger partial charge in [0.05, 0.1) is 5.75 Å². The minimum absolute atomic E-state index is 0.0229. The molecule has 110 valence electrons. The number of hydrogen-bond acceptors (Lipinski definition) is 2. The Balaban J connectivity index is 1.93. The molecule has 0 amide bonds. The van der Waals surface area contributed by atoms with Crippen molar-refractivity contribution in [2.45, 2.75) is 30.1 Å². The van der Waals surface area contributed by atoms with Gasteiger partial charge in [0, 0.05) is 0 Å². The van der Waals surface area contributed by atoms with Crippen LogP contribution in [0.3, 0.4) is 0 Å². The first-order valence-electron chi connectivity index (χ1n) is 7.13. The molecule has 0 saturated carbocycles. The van der Waals surface area contributed by atoms with Gasteiger partial charge < -0.3 is 0 Å². The molecule has 0 aliphatic heterocycles. The summed E-state index contributed by atoms with van der Waals surface area (Å²) in [6.07, 6.45) is 2.81. The zero-order valence-electron chi connectivity index (χ0n) is 11.6. The molecule has 1 unspecified atom stereocenters. The van der Waals surface area contributed by atoms with Crippen molar-refractivity contribution in [3.63, 3.8) is 0 Å². The maximum atomic E-state index is 13.8. The maximum absolute atomic E-state index is 13.8. The number of sulfone groups is 1. The van der Waals surface area contributed by atoms with Gasteiger partial charge in [-0.1, -0.05) is 36.4 Å².